The molecule has 1 saturated heterocycles. The molecule has 0 bridgehead atoms. The molecule has 8 nitrogen and oxygen atoms in total. The van der Waals surface area contributed by atoms with Crippen molar-refractivity contribution < 1.29 is 21.6 Å². The first-order valence-corrected chi connectivity index (χ1v) is 11.4. The maximum Gasteiger partial charge on any atom is 0.240 e. The number of rotatable bonds is 5. The number of anilines is 1. The molecule has 2 heterocycles. The summed E-state index contributed by atoms with van der Waals surface area (Å²) in [7, 11) is -6.45. The van der Waals surface area contributed by atoms with Crippen molar-refractivity contribution in [2.45, 2.75) is 19.0 Å². The van der Waals surface area contributed by atoms with Crippen LogP contribution in [0.5, 0.6) is 0 Å². The highest BCUT2D eigenvalue weighted by atomic mass is 32.2. The Labute approximate surface area is 146 Å². The Hall–Kier alpha value is -2.07. The van der Waals surface area contributed by atoms with Gasteiger partial charge in [-0.25, -0.2) is 16.8 Å². The molecule has 0 spiro atoms. The summed E-state index contributed by atoms with van der Waals surface area (Å²) in [5.41, 5.74) is 1.16. The summed E-state index contributed by atoms with van der Waals surface area (Å²) >= 11 is 0. The number of amides is 1. The quantitative estimate of drug-likeness (QED) is 0.769. The Morgan fingerprint density at radius 1 is 1.32 bits per heavy atom. The lowest BCUT2D eigenvalue weighted by molar-refractivity contribution is -0.122. The van der Waals surface area contributed by atoms with Gasteiger partial charge in [-0.3, -0.25) is 9.52 Å². The Balaban J connectivity index is 1.76. The molecule has 0 radical (unpaired) electrons. The van der Waals surface area contributed by atoms with Crippen molar-refractivity contribution in [1.82, 2.24) is 9.88 Å². The minimum absolute atomic E-state index is 0.0202. The maximum absolute atomic E-state index is 12.2. The first kappa shape index (κ1) is 17.7. The predicted octanol–water partition coefficient (Wildman–Crippen LogP) is 0.316. The van der Waals surface area contributed by atoms with E-state index in [9.17, 15) is 21.6 Å². The van der Waals surface area contributed by atoms with Gasteiger partial charge in [-0.05, 0) is 24.6 Å². The molecule has 1 aromatic heterocycles. The zero-order chi connectivity index (χ0) is 18.2. The first-order chi connectivity index (χ1) is 11.6. The highest BCUT2D eigenvalue weighted by Gasteiger charge is 2.28. The number of hydrogen-bond donors (Lipinski definition) is 2. The summed E-state index contributed by atoms with van der Waals surface area (Å²) in [4.78, 5) is 12.2. The Bertz CT molecular complexity index is 1020. The zero-order valence-electron chi connectivity index (χ0n) is 13.6. The number of nitrogens with zero attached hydrogens (tertiary/aromatic N) is 1. The third kappa shape index (κ3) is 4.31. The SMILES string of the molecule is CS(=O)(=O)Nc1cccc2c1ccn2CC(=O)N[C@@H]1CCS(=O)(=O)C1. The molecule has 1 fully saturated rings. The van der Waals surface area contributed by atoms with Gasteiger partial charge in [-0.2, -0.15) is 0 Å². The van der Waals surface area contributed by atoms with E-state index in [0.717, 1.165) is 6.26 Å². The molecular formula is C15H19N3O5S2. The van der Waals surface area contributed by atoms with Gasteiger partial charge in [0.25, 0.3) is 0 Å². The minimum Gasteiger partial charge on any atom is -0.351 e. The number of benzene rings is 1. The number of fused-ring (bicyclic) bond motifs is 1. The fraction of sp³-hybridized carbons (Fsp3) is 0.400. The van der Waals surface area contributed by atoms with Crippen molar-refractivity contribution in [3.05, 3.63) is 30.5 Å². The predicted molar refractivity (Wildman–Crippen MR) is 95.6 cm³/mol. The summed E-state index contributed by atoms with van der Waals surface area (Å²) in [5.74, 6) is -0.195. The zero-order valence-corrected chi connectivity index (χ0v) is 15.2. The number of sulfonamides is 1. The van der Waals surface area contributed by atoms with Crippen LogP contribution in [0.2, 0.25) is 0 Å². The normalized spacial score (nSPS) is 19.8. The summed E-state index contributed by atoms with van der Waals surface area (Å²) < 4.78 is 49.9. The molecule has 0 saturated carbocycles. The minimum atomic E-state index is -3.40. The van der Waals surface area contributed by atoms with Gasteiger partial charge in [0.15, 0.2) is 9.84 Å². The first-order valence-electron chi connectivity index (χ1n) is 7.68. The van der Waals surface area contributed by atoms with Crippen LogP contribution in [0.25, 0.3) is 10.9 Å². The molecule has 10 heteroatoms. The topological polar surface area (TPSA) is 114 Å². The van der Waals surface area contributed by atoms with Crippen LogP contribution in [-0.4, -0.2) is 51.1 Å². The van der Waals surface area contributed by atoms with E-state index in [1.165, 1.54) is 0 Å². The van der Waals surface area contributed by atoms with Gasteiger partial charge in [-0.1, -0.05) is 6.07 Å². The maximum atomic E-state index is 12.2. The highest BCUT2D eigenvalue weighted by Crippen LogP contribution is 2.25. The summed E-state index contributed by atoms with van der Waals surface area (Å²) in [6.07, 6.45) is 3.21. The molecule has 3 rings (SSSR count). The molecule has 1 aromatic carbocycles. The molecule has 1 amide bonds. The van der Waals surface area contributed by atoms with Gasteiger partial charge < -0.3 is 9.88 Å². The van der Waals surface area contributed by atoms with Crippen molar-refractivity contribution in [3.63, 3.8) is 0 Å². The number of carbonyl (C=O) groups excluding carboxylic acids is 1. The van der Waals surface area contributed by atoms with Crippen LogP contribution < -0.4 is 10.0 Å². The van der Waals surface area contributed by atoms with Crippen LogP contribution in [0, 0.1) is 0 Å². The molecule has 136 valence electrons. The standard InChI is InChI=1S/C15H19N3O5S2/c1-24(20,21)17-13-3-2-4-14-12(13)5-7-18(14)9-15(19)16-11-6-8-25(22,23)10-11/h2-5,7,11,17H,6,8-10H2,1H3,(H,16,19)/t11-/m1/s1. The lowest BCUT2D eigenvalue weighted by Gasteiger charge is -2.12. The second-order valence-electron chi connectivity index (χ2n) is 6.22. The number of sulfone groups is 1. The lowest BCUT2D eigenvalue weighted by atomic mass is 10.2. The van der Waals surface area contributed by atoms with E-state index >= 15 is 0 Å². The van der Waals surface area contributed by atoms with Gasteiger partial charge in [0, 0.05) is 17.6 Å². The van der Waals surface area contributed by atoms with E-state index < -0.39 is 19.9 Å². The molecule has 0 unspecified atom stereocenters. The average molecular weight is 385 g/mol. The molecule has 1 atom stereocenters. The largest absolute Gasteiger partial charge is 0.351 e. The molecule has 2 N–H and O–H groups in total. The third-order valence-electron chi connectivity index (χ3n) is 4.02. The Kier molecular flexibility index (Phi) is 4.50. The monoisotopic (exact) mass is 385 g/mol. The van der Waals surface area contributed by atoms with Crippen LogP contribution in [-0.2, 0) is 31.2 Å². The fourth-order valence-electron chi connectivity index (χ4n) is 2.99. The average Bonchev–Trinajstić information content (AvgIpc) is 3.02. The van der Waals surface area contributed by atoms with Gasteiger partial charge >= 0.3 is 0 Å². The van der Waals surface area contributed by atoms with E-state index in [-0.39, 0.29) is 30.0 Å². The van der Waals surface area contributed by atoms with Crippen LogP contribution >= 0.6 is 0 Å². The number of nitrogens with one attached hydrogen (secondary N) is 2. The number of aromatic nitrogens is 1. The van der Waals surface area contributed by atoms with Crippen molar-refractivity contribution >= 4 is 42.4 Å². The molecule has 0 aliphatic carbocycles. The molecule has 25 heavy (non-hydrogen) atoms. The van der Waals surface area contributed by atoms with E-state index in [1.807, 2.05) is 0 Å². The van der Waals surface area contributed by atoms with Gasteiger partial charge in [0.05, 0.1) is 29.0 Å². The molecular weight excluding hydrogens is 366 g/mol. The van der Waals surface area contributed by atoms with Crippen molar-refractivity contribution in [1.29, 1.82) is 0 Å². The van der Waals surface area contributed by atoms with Crippen molar-refractivity contribution in [3.8, 4) is 0 Å². The number of hydrogen-bond acceptors (Lipinski definition) is 5. The van der Waals surface area contributed by atoms with E-state index in [1.54, 1.807) is 35.0 Å². The Morgan fingerprint density at radius 2 is 2.08 bits per heavy atom. The summed E-state index contributed by atoms with van der Waals surface area (Å²) in [5, 5.41) is 3.42. The van der Waals surface area contributed by atoms with Gasteiger partial charge in [0.2, 0.25) is 15.9 Å². The van der Waals surface area contributed by atoms with Crippen LogP contribution in [0.1, 0.15) is 6.42 Å². The molecule has 1 aliphatic rings. The van der Waals surface area contributed by atoms with Crippen molar-refractivity contribution in [2.75, 3.05) is 22.5 Å². The van der Waals surface area contributed by atoms with Crippen LogP contribution in [0.3, 0.4) is 0 Å². The van der Waals surface area contributed by atoms with Crippen molar-refractivity contribution in [2.24, 2.45) is 0 Å². The van der Waals surface area contributed by atoms with Crippen LogP contribution in [0.15, 0.2) is 30.5 Å². The summed E-state index contributed by atoms with van der Waals surface area (Å²) in [6.45, 7) is 0.0301. The second kappa shape index (κ2) is 6.34. The van der Waals surface area contributed by atoms with E-state index in [2.05, 4.69) is 10.0 Å². The van der Waals surface area contributed by atoms with E-state index in [4.69, 9.17) is 0 Å². The fourth-order valence-corrected chi connectivity index (χ4v) is 5.24. The number of carbonyl (C=O) groups is 1. The summed E-state index contributed by atoms with van der Waals surface area (Å²) in [6, 6.07) is 6.53. The molecule has 1 aliphatic heterocycles. The smallest absolute Gasteiger partial charge is 0.240 e. The molecule has 2 aromatic rings. The highest BCUT2D eigenvalue weighted by molar-refractivity contribution is 7.92. The lowest BCUT2D eigenvalue weighted by Crippen LogP contribution is -2.37. The van der Waals surface area contributed by atoms with E-state index in [0.29, 0.717) is 23.0 Å². The van der Waals surface area contributed by atoms with Crippen LogP contribution in [0.4, 0.5) is 5.69 Å². The van der Waals surface area contributed by atoms with Gasteiger partial charge in [0.1, 0.15) is 6.54 Å². The van der Waals surface area contributed by atoms with Gasteiger partial charge in [-0.15, -0.1) is 0 Å². The Morgan fingerprint density at radius 3 is 2.72 bits per heavy atom. The third-order valence-corrected chi connectivity index (χ3v) is 6.38. The second-order valence-corrected chi connectivity index (χ2v) is 10.2.